The zero-order valence-electron chi connectivity index (χ0n) is 9.68. The molecule has 1 heterocycles. The largest absolute Gasteiger partial charge is 0.381 e. The molecule has 0 saturated carbocycles. The van der Waals surface area contributed by atoms with Crippen molar-refractivity contribution in [3.63, 3.8) is 0 Å². The molecule has 4 nitrogen and oxygen atoms in total. The van der Waals surface area contributed by atoms with E-state index in [0.29, 0.717) is 0 Å². The number of imidazole rings is 1. The van der Waals surface area contributed by atoms with Crippen molar-refractivity contribution in [2.75, 3.05) is 25.1 Å². The molecule has 0 aliphatic rings. The summed E-state index contributed by atoms with van der Waals surface area (Å²) in [7, 11) is 0. The van der Waals surface area contributed by atoms with Gasteiger partial charge in [-0.3, -0.25) is 0 Å². The molecule has 0 bridgehead atoms. The van der Waals surface area contributed by atoms with Crippen LogP contribution in [0.4, 0.5) is 5.95 Å². The predicted molar refractivity (Wildman–Crippen MR) is 62.2 cm³/mol. The summed E-state index contributed by atoms with van der Waals surface area (Å²) in [6.07, 6.45) is 5.19. The van der Waals surface area contributed by atoms with E-state index >= 15 is 0 Å². The molecule has 0 saturated heterocycles. The lowest BCUT2D eigenvalue weighted by molar-refractivity contribution is 0.131. The van der Waals surface area contributed by atoms with Crippen molar-refractivity contribution in [1.82, 2.24) is 9.97 Å². The number of rotatable bonds is 8. The lowest BCUT2D eigenvalue weighted by Crippen LogP contribution is -2.07. The van der Waals surface area contributed by atoms with E-state index in [4.69, 9.17) is 4.74 Å². The molecule has 0 unspecified atom stereocenters. The second-order valence-electron chi connectivity index (χ2n) is 3.66. The molecule has 15 heavy (non-hydrogen) atoms. The van der Waals surface area contributed by atoms with E-state index in [0.717, 1.165) is 44.2 Å². The fourth-order valence-corrected chi connectivity index (χ4v) is 1.23. The summed E-state index contributed by atoms with van der Waals surface area (Å²) in [5.41, 5.74) is 1.08. The fourth-order valence-electron chi connectivity index (χ4n) is 1.23. The van der Waals surface area contributed by atoms with E-state index < -0.39 is 0 Å². The Morgan fingerprint density at radius 2 is 2.20 bits per heavy atom. The number of aromatic nitrogens is 2. The Bertz CT molecular complexity index is 260. The van der Waals surface area contributed by atoms with Crippen LogP contribution in [0.3, 0.4) is 0 Å². The van der Waals surface area contributed by atoms with Crippen LogP contribution < -0.4 is 5.32 Å². The standard InChI is InChI=1S/C11H21N3O/c1-3-4-7-15-8-5-6-12-11-13-9-10(2)14-11/h9H,3-8H2,1-2H3,(H2,12,13,14). The van der Waals surface area contributed by atoms with Gasteiger partial charge in [0.2, 0.25) is 0 Å². The smallest absolute Gasteiger partial charge is 0.200 e. The van der Waals surface area contributed by atoms with E-state index in [-0.39, 0.29) is 0 Å². The summed E-state index contributed by atoms with van der Waals surface area (Å²) in [6, 6.07) is 0. The summed E-state index contributed by atoms with van der Waals surface area (Å²) in [5.74, 6) is 0.848. The van der Waals surface area contributed by atoms with E-state index in [2.05, 4.69) is 22.2 Å². The number of anilines is 1. The molecule has 86 valence electrons. The van der Waals surface area contributed by atoms with E-state index in [9.17, 15) is 0 Å². The first kappa shape index (κ1) is 12.0. The topological polar surface area (TPSA) is 49.9 Å². The van der Waals surface area contributed by atoms with Gasteiger partial charge in [0.1, 0.15) is 0 Å². The Labute approximate surface area is 91.4 Å². The Balaban J connectivity index is 1.93. The van der Waals surface area contributed by atoms with Crippen LogP contribution in [0.2, 0.25) is 0 Å². The zero-order valence-corrected chi connectivity index (χ0v) is 9.68. The van der Waals surface area contributed by atoms with Crippen LogP contribution in [-0.2, 0) is 4.74 Å². The van der Waals surface area contributed by atoms with E-state index in [1.165, 1.54) is 6.42 Å². The predicted octanol–water partition coefficient (Wildman–Crippen LogP) is 2.34. The van der Waals surface area contributed by atoms with Crippen molar-refractivity contribution < 1.29 is 4.74 Å². The van der Waals surface area contributed by atoms with Crippen LogP contribution >= 0.6 is 0 Å². The third kappa shape index (κ3) is 5.42. The molecule has 0 fully saturated rings. The summed E-state index contributed by atoms with van der Waals surface area (Å²) < 4.78 is 5.45. The molecule has 0 amide bonds. The first-order valence-corrected chi connectivity index (χ1v) is 5.66. The first-order chi connectivity index (χ1) is 7.33. The number of ether oxygens (including phenoxy) is 1. The van der Waals surface area contributed by atoms with Gasteiger partial charge in [-0.1, -0.05) is 13.3 Å². The summed E-state index contributed by atoms with van der Waals surface area (Å²) in [6.45, 7) is 6.78. The minimum atomic E-state index is 0.826. The van der Waals surface area contributed by atoms with Gasteiger partial charge < -0.3 is 15.0 Å². The van der Waals surface area contributed by atoms with Crippen LogP contribution in [0.25, 0.3) is 0 Å². The third-order valence-electron chi connectivity index (χ3n) is 2.10. The van der Waals surface area contributed by atoms with Crippen molar-refractivity contribution in [3.05, 3.63) is 11.9 Å². The first-order valence-electron chi connectivity index (χ1n) is 5.66. The highest BCUT2D eigenvalue weighted by Gasteiger charge is 1.95. The van der Waals surface area contributed by atoms with Gasteiger partial charge >= 0.3 is 0 Å². The minimum absolute atomic E-state index is 0.826. The van der Waals surface area contributed by atoms with Gasteiger partial charge in [-0.15, -0.1) is 0 Å². The average Bonchev–Trinajstić information content (AvgIpc) is 2.63. The van der Waals surface area contributed by atoms with Crippen LogP contribution in [0.15, 0.2) is 6.20 Å². The molecule has 0 aliphatic carbocycles. The molecule has 0 radical (unpaired) electrons. The molecule has 0 aliphatic heterocycles. The number of H-pyrrole nitrogens is 1. The van der Waals surface area contributed by atoms with Gasteiger partial charge in [-0.05, 0) is 19.8 Å². The molecule has 2 N–H and O–H groups in total. The Morgan fingerprint density at radius 1 is 1.40 bits per heavy atom. The molecule has 1 aromatic heterocycles. The van der Waals surface area contributed by atoms with Crippen molar-refractivity contribution in [3.8, 4) is 0 Å². The fraction of sp³-hybridized carbons (Fsp3) is 0.727. The number of aryl methyl sites for hydroxylation is 1. The van der Waals surface area contributed by atoms with Gasteiger partial charge in [-0.2, -0.15) is 0 Å². The number of hydrogen-bond acceptors (Lipinski definition) is 3. The normalized spacial score (nSPS) is 10.5. The maximum atomic E-state index is 5.45. The Morgan fingerprint density at radius 3 is 2.87 bits per heavy atom. The van der Waals surface area contributed by atoms with Crippen LogP contribution in [0, 0.1) is 6.92 Å². The molecule has 0 spiro atoms. The van der Waals surface area contributed by atoms with Gasteiger partial charge in [0.25, 0.3) is 0 Å². The summed E-state index contributed by atoms with van der Waals surface area (Å²) in [5, 5.41) is 3.21. The van der Waals surface area contributed by atoms with Crippen molar-refractivity contribution >= 4 is 5.95 Å². The monoisotopic (exact) mass is 211 g/mol. The van der Waals surface area contributed by atoms with Crippen molar-refractivity contribution in [1.29, 1.82) is 0 Å². The molecule has 1 rings (SSSR count). The summed E-state index contributed by atoms with van der Waals surface area (Å²) in [4.78, 5) is 7.28. The van der Waals surface area contributed by atoms with E-state index in [1.54, 1.807) is 0 Å². The molecule has 1 aromatic rings. The Hall–Kier alpha value is -1.03. The van der Waals surface area contributed by atoms with Gasteiger partial charge in [-0.25, -0.2) is 4.98 Å². The molecule has 4 heteroatoms. The Kier molecular flexibility index (Phi) is 5.85. The molecular weight excluding hydrogens is 190 g/mol. The molecule has 0 aromatic carbocycles. The SMILES string of the molecule is CCCCOCCCNc1ncc(C)[nH]1. The highest BCUT2D eigenvalue weighted by atomic mass is 16.5. The minimum Gasteiger partial charge on any atom is -0.381 e. The number of nitrogens with one attached hydrogen (secondary N) is 2. The highest BCUT2D eigenvalue weighted by molar-refractivity contribution is 5.25. The third-order valence-corrected chi connectivity index (χ3v) is 2.10. The van der Waals surface area contributed by atoms with Gasteiger partial charge in [0.05, 0.1) is 0 Å². The zero-order chi connectivity index (χ0) is 10.9. The number of nitrogens with zero attached hydrogens (tertiary/aromatic N) is 1. The second kappa shape index (κ2) is 7.29. The van der Waals surface area contributed by atoms with Crippen LogP contribution in [0.5, 0.6) is 0 Å². The average molecular weight is 211 g/mol. The highest BCUT2D eigenvalue weighted by Crippen LogP contribution is 2.00. The summed E-state index contributed by atoms with van der Waals surface area (Å²) >= 11 is 0. The number of unbranched alkanes of at least 4 members (excludes halogenated alkanes) is 1. The lowest BCUT2D eigenvalue weighted by atomic mass is 10.4. The number of hydrogen-bond donors (Lipinski definition) is 2. The maximum absolute atomic E-state index is 5.45. The van der Waals surface area contributed by atoms with Crippen LogP contribution in [0.1, 0.15) is 31.9 Å². The molecular formula is C11H21N3O. The molecule has 0 atom stereocenters. The van der Waals surface area contributed by atoms with E-state index in [1.807, 2.05) is 13.1 Å². The second-order valence-corrected chi connectivity index (χ2v) is 3.66. The van der Waals surface area contributed by atoms with Crippen molar-refractivity contribution in [2.45, 2.75) is 33.1 Å². The number of aromatic amines is 1. The van der Waals surface area contributed by atoms with Gasteiger partial charge in [0, 0.05) is 31.6 Å². The maximum Gasteiger partial charge on any atom is 0.200 e. The quantitative estimate of drug-likeness (QED) is 0.649. The van der Waals surface area contributed by atoms with Gasteiger partial charge in [0.15, 0.2) is 5.95 Å². The van der Waals surface area contributed by atoms with Crippen LogP contribution in [-0.4, -0.2) is 29.7 Å². The lowest BCUT2D eigenvalue weighted by Gasteiger charge is -2.04. The van der Waals surface area contributed by atoms with Crippen molar-refractivity contribution in [2.24, 2.45) is 0 Å².